The molecule has 4 bridgehead atoms. The summed E-state index contributed by atoms with van der Waals surface area (Å²) in [6.45, 7) is 9.74. The molecule has 0 spiro atoms. The number of hydrogen-bond acceptors (Lipinski definition) is 8. The molecule has 2 aromatic carbocycles. The molecule has 1 radical (unpaired) electrons. The average molecular weight is 831 g/mol. The number of isothiocyanates is 1. The topological polar surface area (TPSA) is 114 Å². The van der Waals surface area contributed by atoms with E-state index in [9.17, 15) is 0 Å². The number of nitrogens with zero attached hydrogens (tertiary/aromatic N) is 8. The summed E-state index contributed by atoms with van der Waals surface area (Å²) < 4.78 is 0. The molecule has 2 saturated heterocycles. The molecule has 0 aliphatic carbocycles. The summed E-state index contributed by atoms with van der Waals surface area (Å²) in [5.74, 6) is 0. The minimum atomic E-state index is -0.00231. The zero-order valence-electron chi connectivity index (χ0n) is 28.9. The summed E-state index contributed by atoms with van der Waals surface area (Å²) in [4.78, 5) is 25.9. The second-order valence-electron chi connectivity index (χ2n) is 13.2. The van der Waals surface area contributed by atoms with Crippen molar-refractivity contribution < 1.29 is 49.4 Å². The molecule has 0 aromatic heterocycles. The van der Waals surface area contributed by atoms with E-state index in [0.717, 1.165) is 84.8 Å². The van der Waals surface area contributed by atoms with Crippen molar-refractivity contribution in [2.24, 2.45) is 25.0 Å². The van der Waals surface area contributed by atoms with Gasteiger partial charge in [-0.3, -0.25) is 20.0 Å². The molecular formula is C38H46EuN8S2. The van der Waals surface area contributed by atoms with Crippen molar-refractivity contribution in [3.05, 3.63) is 70.3 Å². The summed E-state index contributed by atoms with van der Waals surface area (Å²) in [5, 5.41) is 24.2. The Kier molecular flexibility index (Phi) is 16.6. The Bertz CT molecular complexity index is 1610. The Morgan fingerprint density at radius 2 is 1.14 bits per heavy atom. The molecule has 8 nitrogen and oxygen atoms in total. The van der Waals surface area contributed by atoms with Gasteiger partial charge in [-0.25, -0.2) is 0 Å². The minimum absolute atomic E-state index is 0. The van der Waals surface area contributed by atoms with Crippen LogP contribution in [0, 0.1) is 60.0 Å². The summed E-state index contributed by atoms with van der Waals surface area (Å²) in [5.41, 5.74) is 7.49. The molecule has 11 heteroatoms. The number of thioether (sulfide) groups is 1. The first kappa shape index (κ1) is 40.0. The normalized spacial score (nSPS) is 26.5. The molecule has 6 atom stereocenters. The predicted molar refractivity (Wildman–Crippen MR) is 206 cm³/mol. The summed E-state index contributed by atoms with van der Waals surface area (Å²) in [6.07, 6.45) is 7.79. The second-order valence-corrected chi connectivity index (χ2v) is 14.2. The molecule has 0 saturated carbocycles. The number of nitriles is 1. The monoisotopic (exact) mass is 831 g/mol. The van der Waals surface area contributed by atoms with Gasteiger partial charge in [0.05, 0.1) is 36.0 Å². The Hall–Kier alpha value is -1.74. The van der Waals surface area contributed by atoms with Gasteiger partial charge >= 0.3 is 49.4 Å². The molecule has 3 heterocycles. The SMILES string of the molecule is CC1=NCC(Cc2ccc(SC#N)cc2)N=C(C)C2CCCC([N-]2)C(C)=NCC(Cc2ccc(N=C=S)cc2)N=C(C)C2CCCC1[N-]2.[Eu+2]. The van der Waals surface area contributed by atoms with E-state index in [0.29, 0.717) is 13.1 Å². The summed E-state index contributed by atoms with van der Waals surface area (Å²) >= 11 is 5.96. The van der Waals surface area contributed by atoms with Crippen LogP contribution >= 0.6 is 24.0 Å². The maximum Gasteiger partial charge on any atom is 2.00 e. The van der Waals surface area contributed by atoms with Crippen molar-refractivity contribution in [3.8, 4) is 5.40 Å². The molecule has 0 amide bonds. The molecule has 3 aliphatic rings. The number of thiocarbonyl (C=S) groups is 1. The van der Waals surface area contributed by atoms with Crippen molar-refractivity contribution in [2.45, 2.75) is 120 Å². The van der Waals surface area contributed by atoms with Gasteiger partial charge in [0.2, 0.25) is 0 Å². The minimum Gasteiger partial charge on any atom is -0.647 e. The van der Waals surface area contributed by atoms with E-state index in [1.165, 1.54) is 22.9 Å². The number of benzene rings is 2. The van der Waals surface area contributed by atoms with Crippen LogP contribution in [0.15, 0.2) is 78.4 Å². The van der Waals surface area contributed by atoms with Crippen LogP contribution in [-0.4, -0.2) is 77.3 Å². The summed E-state index contributed by atoms with van der Waals surface area (Å²) in [7, 11) is 0. The molecular weight excluding hydrogens is 785 g/mol. The van der Waals surface area contributed by atoms with E-state index in [1.54, 1.807) is 0 Å². The number of fused-ring (bicyclic) bond motifs is 4. The molecule has 5 rings (SSSR count). The standard InChI is InChI=1S/C38H46N8S2.Eu/c1-25-35-7-6-10-38(46-35)28(4)44-33(20-30-13-17-34(18-14-30)48-23-39)22-41-26(2)36-8-5-9-37(45-36)27(3)43-32(21-40-25)19-29-11-15-31(16-12-29)42-24-47;/h11-18,32-33,35-38H,5-10,19-22H2,1-4H3;/q-2;+2. The summed E-state index contributed by atoms with van der Waals surface area (Å²) in [6, 6.07) is 16.7. The first-order valence-corrected chi connectivity index (χ1v) is 18.4. The van der Waals surface area contributed by atoms with Crippen LogP contribution in [0.4, 0.5) is 5.69 Å². The van der Waals surface area contributed by atoms with E-state index in [4.69, 9.17) is 48.1 Å². The van der Waals surface area contributed by atoms with Crippen LogP contribution in [0.25, 0.3) is 10.6 Å². The first-order valence-electron chi connectivity index (χ1n) is 17.1. The van der Waals surface area contributed by atoms with E-state index >= 15 is 0 Å². The fraction of sp³-hybridized carbons (Fsp3) is 0.526. The largest absolute Gasteiger partial charge is 2.00 e. The Morgan fingerprint density at radius 1 is 0.714 bits per heavy atom. The van der Waals surface area contributed by atoms with Crippen LogP contribution in [0.5, 0.6) is 0 Å². The number of thiocyanates is 1. The fourth-order valence-corrected chi connectivity index (χ4v) is 7.30. The van der Waals surface area contributed by atoms with Gasteiger partial charge in [-0.15, -0.1) is 0 Å². The zero-order valence-corrected chi connectivity index (χ0v) is 33.0. The molecule has 3 aliphatic heterocycles. The first-order chi connectivity index (χ1) is 23.3. The second kappa shape index (κ2) is 20.3. The zero-order chi connectivity index (χ0) is 33.9. The van der Waals surface area contributed by atoms with Gasteiger partial charge in [0, 0.05) is 4.90 Å². The van der Waals surface area contributed by atoms with Crippen LogP contribution in [-0.2, 0) is 12.8 Å². The van der Waals surface area contributed by atoms with Gasteiger partial charge in [0.25, 0.3) is 0 Å². The average Bonchev–Trinajstić information content (AvgIpc) is 3.10. The van der Waals surface area contributed by atoms with Crippen molar-refractivity contribution in [3.63, 3.8) is 0 Å². The van der Waals surface area contributed by atoms with Gasteiger partial charge in [-0.2, -0.15) is 10.3 Å². The Labute approximate surface area is 342 Å². The Morgan fingerprint density at radius 3 is 1.57 bits per heavy atom. The fourth-order valence-electron chi connectivity index (χ4n) is 6.82. The van der Waals surface area contributed by atoms with Crippen molar-refractivity contribution in [2.75, 3.05) is 13.1 Å². The predicted octanol–water partition coefficient (Wildman–Crippen LogP) is 8.96. The number of aliphatic imine (C=N–C) groups is 5. The number of rotatable bonds is 6. The van der Waals surface area contributed by atoms with Gasteiger partial charge in [0.1, 0.15) is 5.40 Å². The third-order valence-electron chi connectivity index (χ3n) is 9.57. The smallest absolute Gasteiger partial charge is 0.647 e. The van der Waals surface area contributed by atoms with Crippen LogP contribution in [0.2, 0.25) is 0 Å². The molecule has 0 N–H and O–H groups in total. The third kappa shape index (κ3) is 12.2. The van der Waals surface area contributed by atoms with Gasteiger partial charge in [0.15, 0.2) is 0 Å². The van der Waals surface area contributed by atoms with Crippen LogP contribution in [0.1, 0.15) is 77.3 Å². The molecule has 257 valence electrons. The van der Waals surface area contributed by atoms with Gasteiger partial charge in [-0.1, -0.05) is 87.0 Å². The van der Waals surface area contributed by atoms with E-state index in [2.05, 4.69) is 67.5 Å². The molecule has 2 aromatic rings. The van der Waals surface area contributed by atoms with E-state index in [1.807, 2.05) is 24.3 Å². The third-order valence-corrected chi connectivity index (χ3v) is 10.3. The van der Waals surface area contributed by atoms with Crippen LogP contribution in [0.3, 0.4) is 0 Å². The molecule has 6 unspecified atom stereocenters. The molecule has 49 heavy (non-hydrogen) atoms. The Balaban J connectivity index is 0.00000541. The van der Waals surface area contributed by atoms with Crippen molar-refractivity contribution in [1.29, 1.82) is 5.26 Å². The van der Waals surface area contributed by atoms with E-state index < -0.39 is 0 Å². The molecule has 2 fully saturated rings. The maximum atomic E-state index is 9.05. The number of hydrogen-bond donors (Lipinski definition) is 0. The van der Waals surface area contributed by atoms with Gasteiger partial charge in [-0.05, 0) is 123 Å². The quantitative estimate of drug-likeness (QED) is 0.125. The number of piperidine rings is 2. The van der Waals surface area contributed by atoms with Gasteiger partial charge < -0.3 is 10.6 Å². The maximum absolute atomic E-state index is 9.05. The van der Waals surface area contributed by atoms with Crippen LogP contribution < -0.4 is 0 Å². The van der Waals surface area contributed by atoms with E-state index in [-0.39, 0.29) is 85.6 Å². The van der Waals surface area contributed by atoms with Crippen molar-refractivity contribution in [1.82, 2.24) is 0 Å². The van der Waals surface area contributed by atoms with Crippen molar-refractivity contribution >= 4 is 57.7 Å².